The van der Waals surface area contributed by atoms with Gasteiger partial charge in [-0.15, -0.1) is 0 Å². The first-order chi connectivity index (χ1) is 16.1. The molecule has 0 aliphatic carbocycles. The van der Waals surface area contributed by atoms with Crippen LogP contribution in [0.2, 0.25) is 0 Å². The predicted octanol–water partition coefficient (Wildman–Crippen LogP) is 4.71. The van der Waals surface area contributed by atoms with Gasteiger partial charge in [0.15, 0.2) is 16.6 Å². The number of fused-ring (bicyclic) bond motifs is 1. The Morgan fingerprint density at radius 2 is 1.70 bits per heavy atom. The maximum absolute atomic E-state index is 5.88. The average molecular weight is 468 g/mol. The summed E-state index contributed by atoms with van der Waals surface area (Å²) in [5, 5.41) is 4.03. The van der Waals surface area contributed by atoms with Crippen molar-refractivity contribution in [2.45, 2.75) is 19.5 Å². The second-order valence-corrected chi connectivity index (χ2v) is 7.96. The lowest BCUT2D eigenvalue weighted by Gasteiger charge is -2.39. The van der Waals surface area contributed by atoms with Crippen LogP contribution in [0, 0.1) is 0 Å². The van der Waals surface area contributed by atoms with Crippen molar-refractivity contribution < 1.29 is 18.9 Å². The van der Waals surface area contributed by atoms with Gasteiger partial charge in [0.05, 0.1) is 34.0 Å². The Bertz CT molecular complexity index is 1090. The van der Waals surface area contributed by atoms with Crippen LogP contribution >= 0.6 is 12.2 Å². The van der Waals surface area contributed by atoms with Crippen LogP contribution < -0.4 is 24.3 Å². The number of anilines is 1. The maximum Gasteiger partial charge on any atom is 0.203 e. The van der Waals surface area contributed by atoms with Gasteiger partial charge in [-0.05, 0) is 73.2 Å². The fourth-order valence-electron chi connectivity index (χ4n) is 4.21. The molecule has 1 atom stereocenters. The minimum Gasteiger partial charge on any atom is -0.494 e. The number of benzene rings is 2. The Morgan fingerprint density at radius 3 is 2.30 bits per heavy atom. The van der Waals surface area contributed by atoms with E-state index in [4.69, 9.17) is 31.2 Å². The Balaban J connectivity index is 1.69. The highest BCUT2D eigenvalue weighted by Crippen LogP contribution is 2.43. The number of nitrogens with one attached hydrogen (secondary N) is 1. The summed E-state index contributed by atoms with van der Waals surface area (Å²) in [6.07, 6.45) is 2.10. The molecule has 1 aromatic heterocycles. The van der Waals surface area contributed by atoms with Gasteiger partial charge in [0.2, 0.25) is 5.75 Å². The zero-order chi connectivity index (χ0) is 23.4. The molecule has 7 nitrogen and oxygen atoms in total. The van der Waals surface area contributed by atoms with Crippen molar-refractivity contribution >= 4 is 23.0 Å². The lowest BCUT2D eigenvalue weighted by atomic mass is 9.99. The Labute approximate surface area is 199 Å². The summed E-state index contributed by atoms with van der Waals surface area (Å²) in [4.78, 5) is 2.20. The third kappa shape index (κ3) is 4.57. The molecule has 4 rings (SSSR count). The lowest BCUT2D eigenvalue weighted by Crippen LogP contribution is -2.44. The van der Waals surface area contributed by atoms with E-state index in [1.54, 1.807) is 21.3 Å². The first-order valence-electron chi connectivity index (χ1n) is 10.8. The van der Waals surface area contributed by atoms with E-state index < -0.39 is 0 Å². The highest BCUT2D eigenvalue weighted by molar-refractivity contribution is 7.80. The quantitative estimate of drug-likeness (QED) is 0.505. The Kier molecular flexibility index (Phi) is 6.93. The highest BCUT2D eigenvalue weighted by Gasteiger charge is 2.32. The zero-order valence-corrected chi connectivity index (χ0v) is 20.1. The van der Waals surface area contributed by atoms with E-state index in [9.17, 15) is 0 Å². The summed E-state index contributed by atoms with van der Waals surface area (Å²) in [5.74, 6) is 2.62. The van der Waals surface area contributed by atoms with Crippen LogP contribution in [0.25, 0.3) is 0 Å². The molecule has 1 aliphatic rings. The van der Waals surface area contributed by atoms with Crippen molar-refractivity contribution in [3.8, 4) is 23.0 Å². The number of ether oxygens (including phenoxy) is 4. The standard InChI is InChI=1S/C25H29N3O4S/c1-5-32-19-10-8-18(9-11-19)26-25(33)28-14-13-27-12-6-7-20(27)23(28)17-15-21(29-2)24(31-4)22(16-17)30-3/h6-12,15-16,23H,5,13-14H2,1-4H3,(H,26,33). The number of hydrogen-bond donors (Lipinski definition) is 1. The van der Waals surface area contributed by atoms with Crippen LogP contribution in [0.1, 0.15) is 24.2 Å². The smallest absolute Gasteiger partial charge is 0.203 e. The summed E-state index contributed by atoms with van der Waals surface area (Å²) in [6, 6.07) is 15.9. The number of nitrogens with zero attached hydrogens (tertiary/aromatic N) is 2. The third-order valence-electron chi connectivity index (χ3n) is 5.72. The normalized spacial score (nSPS) is 14.9. The fourth-order valence-corrected chi connectivity index (χ4v) is 4.52. The molecule has 1 aliphatic heterocycles. The van der Waals surface area contributed by atoms with Crippen LogP contribution in [0.15, 0.2) is 54.7 Å². The van der Waals surface area contributed by atoms with Crippen molar-refractivity contribution in [2.75, 3.05) is 39.8 Å². The van der Waals surface area contributed by atoms with Gasteiger partial charge in [0, 0.05) is 30.7 Å². The molecular weight excluding hydrogens is 438 g/mol. The van der Waals surface area contributed by atoms with E-state index in [0.29, 0.717) is 29.0 Å². The highest BCUT2D eigenvalue weighted by atomic mass is 32.1. The molecule has 1 N–H and O–H groups in total. The fraction of sp³-hybridized carbons (Fsp3) is 0.320. The summed E-state index contributed by atoms with van der Waals surface area (Å²) in [7, 11) is 4.86. The van der Waals surface area contributed by atoms with E-state index in [-0.39, 0.29) is 6.04 Å². The third-order valence-corrected chi connectivity index (χ3v) is 6.06. The Morgan fingerprint density at radius 1 is 1.00 bits per heavy atom. The molecule has 0 saturated carbocycles. The van der Waals surface area contributed by atoms with Crippen molar-refractivity contribution in [1.29, 1.82) is 0 Å². The molecule has 33 heavy (non-hydrogen) atoms. The molecule has 0 amide bonds. The molecule has 0 fully saturated rings. The van der Waals surface area contributed by atoms with Gasteiger partial charge >= 0.3 is 0 Å². The summed E-state index contributed by atoms with van der Waals surface area (Å²) >= 11 is 5.88. The van der Waals surface area contributed by atoms with E-state index in [2.05, 4.69) is 33.1 Å². The van der Waals surface area contributed by atoms with E-state index >= 15 is 0 Å². The molecule has 2 aromatic carbocycles. The van der Waals surface area contributed by atoms with Gasteiger partial charge in [0.1, 0.15) is 5.75 Å². The van der Waals surface area contributed by atoms with Gasteiger partial charge in [-0.3, -0.25) is 0 Å². The van der Waals surface area contributed by atoms with Crippen LogP contribution in [-0.4, -0.2) is 49.1 Å². The molecule has 3 aromatic rings. The number of methoxy groups -OCH3 is 3. The maximum atomic E-state index is 5.88. The van der Waals surface area contributed by atoms with Crippen molar-refractivity contribution in [3.63, 3.8) is 0 Å². The molecule has 2 heterocycles. The van der Waals surface area contributed by atoms with Gasteiger partial charge in [0.25, 0.3) is 0 Å². The monoisotopic (exact) mass is 467 g/mol. The minimum absolute atomic E-state index is 0.120. The summed E-state index contributed by atoms with van der Waals surface area (Å²) < 4.78 is 24.5. The van der Waals surface area contributed by atoms with Crippen LogP contribution in [0.4, 0.5) is 5.69 Å². The predicted molar refractivity (Wildman–Crippen MR) is 133 cm³/mol. The van der Waals surface area contributed by atoms with E-state index in [1.165, 1.54) is 0 Å². The average Bonchev–Trinajstić information content (AvgIpc) is 3.32. The molecule has 0 radical (unpaired) electrons. The van der Waals surface area contributed by atoms with Crippen molar-refractivity contribution in [3.05, 3.63) is 66.0 Å². The van der Waals surface area contributed by atoms with Crippen molar-refractivity contribution in [1.82, 2.24) is 9.47 Å². The second kappa shape index (κ2) is 10.0. The number of thiocarbonyl (C=S) groups is 1. The first kappa shape index (κ1) is 22.8. The number of rotatable bonds is 7. The molecule has 0 saturated heterocycles. The molecule has 8 heteroatoms. The largest absolute Gasteiger partial charge is 0.494 e. The molecule has 0 bridgehead atoms. The molecule has 174 valence electrons. The zero-order valence-electron chi connectivity index (χ0n) is 19.3. The van der Waals surface area contributed by atoms with E-state index in [0.717, 1.165) is 35.8 Å². The van der Waals surface area contributed by atoms with Crippen LogP contribution in [0.5, 0.6) is 23.0 Å². The van der Waals surface area contributed by atoms with Crippen LogP contribution in [0.3, 0.4) is 0 Å². The number of hydrogen-bond acceptors (Lipinski definition) is 5. The van der Waals surface area contributed by atoms with Crippen molar-refractivity contribution in [2.24, 2.45) is 0 Å². The van der Waals surface area contributed by atoms with Gasteiger partial charge in [-0.2, -0.15) is 0 Å². The number of aromatic nitrogens is 1. The lowest BCUT2D eigenvalue weighted by molar-refractivity contribution is 0.288. The summed E-state index contributed by atoms with van der Waals surface area (Å²) in [5.41, 5.74) is 3.06. The topological polar surface area (TPSA) is 57.1 Å². The van der Waals surface area contributed by atoms with Gasteiger partial charge < -0.3 is 33.7 Å². The van der Waals surface area contributed by atoms with Crippen LogP contribution in [-0.2, 0) is 6.54 Å². The van der Waals surface area contributed by atoms with Gasteiger partial charge in [-0.25, -0.2) is 0 Å². The Hall–Kier alpha value is -3.39. The molecule has 0 spiro atoms. The van der Waals surface area contributed by atoms with Gasteiger partial charge in [-0.1, -0.05) is 0 Å². The van der Waals surface area contributed by atoms with E-state index in [1.807, 2.05) is 43.3 Å². The molecular formula is C25H29N3O4S. The molecule has 1 unspecified atom stereocenters. The summed E-state index contributed by atoms with van der Waals surface area (Å²) in [6.45, 7) is 4.20. The second-order valence-electron chi connectivity index (χ2n) is 7.57. The SMILES string of the molecule is CCOc1ccc(NC(=S)N2CCn3cccc3C2c2cc(OC)c(OC)c(OC)c2)cc1. The first-order valence-corrected chi connectivity index (χ1v) is 11.3. The minimum atomic E-state index is -0.120.